The SMILES string of the molecule is O=C(O)c1cc(C(=O)O)cc(-c2ccc([N+](=O)[O-])c(OCc3ccccc3)c2)c1. The second-order valence-electron chi connectivity index (χ2n) is 6.12. The van der Waals surface area contributed by atoms with Crippen molar-refractivity contribution in [2.24, 2.45) is 0 Å². The van der Waals surface area contributed by atoms with Crippen LogP contribution < -0.4 is 4.74 Å². The van der Waals surface area contributed by atoms with E-state index in [1.807, 2.05) is 30.3 Å². The van der Waals surface area contributed by atoms with Gasteiger partial charge in [0.25, 0.3) is 0 Å². The largest absolute Gasteiger partial charge is 0.482 e. The van der Waals surface area contributed by atoms with Gasteiger partial charge in [-0.2, -0.15) is 0 Å². The molecule has 0 spiro atoms. The summed E-state index contributed by atoms with van der Waals surface area (Å²) in [5, 5.41) is 29.8. The van der Waals surface area contributed by atoms with Crippen molar-refractivity contribution in [2.75, 3.05) is 0 Å². The van der Waals surface area contributed by atoms with E-state index in [0.29, 0.717) is 11.1 Å². The van der Waals surface area contributed by atoms with E-state index >= 15 is 0 Å². The molecular formula is C21H15NO7. The van der Waals surface area contributed by atoms with Crippen molar-refractivity contribution >= 4 is 17.6 Å². The van der Waals surface area contributed by atoms with Crippen molar-refractivity contribution in [2.45, 2.75) is 6.61 Å². The summed E-state index contributed by atoms with van der Waals surface area (Å²) in [6, 6.07) is 16.8. The maximum absolute atomic E-state index is 11.3. The molecular weight excluding hydrogens is 378 g/mol. The van der Waals surface area contributed by atoms with Crippen LogP contribution in [-0.4, -0.2) is 27.1 Å². The Morgan fingerprint density at radius 3 is 2.03 bits per heavy atom. The standard InChI is InChI=1S/C21H15NO7/c23-20(24)16-8-15(9-17(10-16)21(25)26)14-6-7-18(22(27)28)19(11-14)29-12-13-4-2-1-3-5-13/h1-11H,12H2,(H,23,24)(H,25,26). The van der Waals surface area contributed by atoms with E-state index in [2.05, 4.69) is 0 Å². The highest BCUT2D eigenvalue weighted by atomic mass is 16.6. The van der Waals surface area contributed by atoms with Crippen molar-refractivity contribution in [3.8, 4) is 16.9 Å². The van der Waals surface area contributed by atoms with Gasteiger partial charge in [0.05, 0.1) is 16.1 Å². The van der Waals surface area contributed by atoms with E-state index in [-0.39, 0.29) is 29.2 Å². The second-order valence-corrected chi connectivity index (χ2v) is 6.12. The molecule has 3 aromatic rings. The highest BCUT2D eigenvalue weighted by Crippen LogP contribution is 2.34. The summed E-state index contributed by atoms with van der Waals surface area (Å²) < 4.78 is 5.63. The van der Waals surface area contributed by atoms with Crippen LogP contribution in [0.3, 0.4) is 0 Å². The molecule has 0 saturated carbocycles. The molecule has 0 heterocycles. The molecule has 0 fully saturated rings. The molecule has 8 nitrogen and oxygen atoms in total. The minimum Gasteiger partial charge on any atom is -0.482 e. The number of benzene rings is 3. The number of hydrogen-bond donors (Lipinski definition) is 2. The predicted octanol–water partition coefficient (Wildman–Crippen LogP) is 4.24. The summed E-state index contributed by atoms with van der Waals surface area (Å²) >= 11 is 0. The molecule has 29 heavy (non-hydrogen) atoms. The Bertz CT molecular complexity index is 1060. The van der Waals surface area contributed by atoms with Gasteiger partial charge in [0.2, 0.25) is 0 Å². The molecule has 3 aromatic carbocycles. The lowest BCUT2D eigenvalue weighted by molar-refractivity contribution is -0.385. The fourth-order valence-corrected chi connectivity index (χ4v) is 2.74. The van der Waals surface area contributed by atoms with Gasteiger partial charge in [-0.1, -0.05) is 30.3 Å². The Labute approximate surface area is 164 Å². The van der Waals surface area contributed by atoms with Crippen molar-refractivity contribution in [1.82, 2.24) is 0 Å². The Morgan fingerprint density at radius 1 is 0.862 bits per heavy atom. The Morgan fingerprint density at radius 2 is 1.48 bits per heavy atom. The number of nitrogens with zero attached hydrogens (tertiary/aromatic N) is 1. The molecule has 2 N–H and O–H groups in total. The van der Waals surface area contributed by atoms with E-state index in [9.17, 15) is 29.9 Å². The molecule has 8 heteroatoms. The lowest BCUT2D eigenvalue weighted by Gasteiger charge is -2.10. The Kier molecular flexibility index (Phi) is 5.54. The molecule has 0 aliphatic heterocycles. The Balaban J connectivity index is 2.03. The fraction of sp³-hybridized carbons (Fsp3) is 0.0476. The van der Waals surface area contributed by atoms with Crippen molar-refractivity contribution < 1.29 is 29.5 Å². The number of nitro benzene ring substituents is 1. The van der Waals surface area contributed by atoms with E-state index in [1.54, 1.807) is 0 Å². The zero-order valence-corrected chi connectivity index (χ0v) is 14.9. The minimum absolute atomic E-state index is 0.00560. The third kappa shape index (κ3) is 4.56. The zero-order chi connectivity index (χ0) is 21.0. The number of carboxylic acids is 2. The summed E-state index contributed by atoms with van der Waals surface area (Å²) in [5.41, 5.74) is 0.840. The van der Waals surface area contributed by atoms with E-state index in [1.165, 1.54) is 30.3 Å². The molecule has 0 aliphatic rings. The second kappa shape index (κ2) is 8.22. The van der Waals surface area contributed by atoms with Crippen LogP contribution in [0.1, 0.15) is 26.3 Å². The van der Waals surface area contributed by atoms with Gasteiger partial charge < -0.3 is 14.9 Å². The smallest absolute Gasteiger partial charge is 0.335 e. The molecule has 146 valence electrons. The zero-order valence-electron chi connectivity index (χ0n) is 14.9. The molecule has 0 radical (unpaired) electrons. The van der Waals surface area contributed by atoms with Gasteiger partial charge in [-0.3, -0.25) is 10.1 Å². The molecule has 0 unspecified atom stereocenters. The number of aromatic carboxylic acids is 2. The van der Waals surface area contributed by atoms with Gasteiger partial charge in [0, 0.05) is 6.07 Å². The third-order valence-corrected chi connectivity index (χ3v) is 4.15. The van der Waals surface area contributed by atoms with Crippen molar-refractivity contribution in [1.29, 1.82) is 0 Å². The topological polar surface area (TPSA) is 127 Å². The quantitative estimate of drug-likeness (QED) is 0.454. The number of carbonyl (C=O) groups is 2. The summed E-state index contributed by atoms with van der Waals surface area (Å²) in [7, 11) is 0. The van der Waals surface area contributed by atoms with Gasteiger partial charge in [-0.05, 0) is 47.0 Å². The normalized spacial score (nSPS) is 10.3. The molecule has 0 aromatic heterocycles. The van der Waals surface area contributed by atoms with Crippen molar-refractivity contribution in [3.05, 3.63) is 93.5 Å². The van der Waals surface area contributed by atoms with E-state index in [0.717, 1.165) is 11.6 Å². The molecule has 0 saturated heterocycles. The van der Waals surface area contributed by atoms with Gasteiger partial charge >= 0.3 is 17.6 Å². The van der Waals surface area contributed by atoms with Crippen LogP contribution in [0.25, 0.3) is 11.1 Å². The molecule has 0 bridgehead atoms. The summed E-state index contributed by atoms with van der Waals surface area (Å²) in [6.45, 7) is 0.0979. The average Bonchev–Trinajstić information content (AvgIpc) is 2.72. The van der Waals surface area contributed by atoms with Crippen LogP contribution >= 0.6 is 0 Å². The van der Waals surface area contributed by atoms with Gasteiger partial charge in [0.15, 0.2) is 5.75 Å². The number of carboxylic acid groups (broad SMARTS) is 2. The monoisotopic (exact) mass is 393 g/mol. The summed E-state index contributed by atoms with van der Waals surface area (Å²) in [4.78, 5) is 33.4. The molecule has 0 atom stereocenters. The molecule has 0 amide bonds. The predicted molar refractivity (Wildman–Crippen MR) is 103 cm³/mol. The van der Waals surface area contributed by atoms with Crippen LogP contribution in [0, 0.1) is 10.1 Å². The average molecular weight is 393 g/mol. The first kappa shape index (κ1) is 19.6. The number of nitro groups is 1. The number of hydrogen-bond acceptors (Lipinski definition) is 5. The number of ether oxygens (including phenoxy) is 1. The first-order valence-electron chi connectivity index (χ1n) is 8.42. The van der Waals surface area contributed by atoms with E-state index < -0.39 is 16.9 Å². The first-order valence-corrected chi connectivity index (χ1v) is 8.42. The van der Waals surface area contributed by atoms with E-state index in [4.69, 9.17) is 4.74 Å². The van der Waals surface area contributed by atoms with Crippen LogP contribution in [0.5, 0.6) is 5.75 Å². The fourth-order valence-electron chi connectivity index (χ4n) is 2.74. The summed E-state index contributed by atoms with van der Waals surface area (Å²) in [5.74, 6) is -2.57. The lowest BCUT2D eigenvalue weighted by Crippen LogP contribution is -2.03. The molecule has 3 rings (SSSR count). The van der Waals surface area contributed by atoms with Crippen molar-refractivity contribution in [3.63, 3.8) is 0 Å². The van der Waals surface area contributed by atoms with Crippen LogP contribution in [-0.2, 0) is 6.61 Å². The highest BCUT2D eigenvalue weighted by molar-refractivity contribution is 5.96. The minimum atomic E-state index is -1.28. The van der Waals surface area contributed by atoms with Crippen LogP contribution in [0.2, 0.25) is 0 Å². The lowest BCUT2D eigenvalue weighted by atomic mass is 9.99. The third-order valence-electron chi connectivity index (χ3n) is 4.15. The molecule has 0 aliphatic carbocycles. The van der Waals surface area contributed by atoms with Gasteiger partial charge in [0.1, 0.15) is 6.61 Å². The van der Waals surface area contributed by atoms with Gasteiger partial charge in [-0.15, -0.1) is 0 Å². The maximum Gasteiger partial charge on any atom is 0.335 e. The summed E-state index contributed by atoms with van der Waals surface area (Å²) in [6.07, 6.45) is 0. The maximum atomic E-state index is 11.3. The first-order chi connectivity index (χ1) is 13.8. The van der Waals surface area contributed by atoms with Gasteiger partial charge in [-0.25, -0.2) is 9.59 Å². The highest BCUT2D eigenvalue weighted by Gasteiger charge is 2.18. The Hall–Kier alpha value is -4.20. The van der Waals surface area contributed by atoms with Crippen LogP contribution in [0.4, 0.5) is 5.69 Å². The number of rotatable bonds is 7. The van der Waals surface area contributed by atoms with Crippen LogP contribution in [0.15, 0.2) is 66.7 Å².